The van der Waals surface area contributed by atoms with Crippen LogP contribution < -0.4 is 0 Å². The number of esters is 1. The number of methoxy groups -OCH3 is 2. The highest BCUT2D eigenvalue weighted by Crippen LogP contribution is 2.39. The Hall–Kier alpha value is -2.74. The molecule has 3 aliphatic heterocycles. The molecule has 0 spiro atoms. The number of hydrogen-bond acceptors (Lipinski definition) is 11. The lowest BCUT2D eigenvalue weighted by Gasteiger charge is -2.47. The number of piperidine rings is 1. The number of ketones is 1. The second kappa shape index (κ2) is 20.8. The zero-order chi connectivity index (χ0) is 41.3. The number of Topliss-reactive ketones (excluding diaryl/α,β-unsaturated/α-hetero) is 1. The lowest BCUT2D eigenvalue weighted by Crippen LogP contribution is -2.64. The van der Waals surface area contributed by atoms with Crippen molar-refractivity contribution in [3.8, 4) is 0 Å². The highest BCUT2D eigenvalue weighted by Gasteiger charge is 2.56. The molecule has 1 aliphatic carbocycles. The molecule has 2 bridgehead atoms. The maximum atomic E-state index is 14.3. The van der Waals surface area contributed by atoms with Gasteiger partial charge in [-0.15, -0.1) is 0 Å². The molecule has 56 heavy (non-hydrogen) atoms. The predicted molar refractivity (Wildman–Crippen MR) is 214 cm³/mol. The van der Waals surface area contributed by atoms with Gasteiger partial charge in [-0.05, 0) is 109 Å². The van der Waals surface area contributed by atoms with Gasteiger partial charge in [-0.25, -0.2) is 4.79 Å². The molecule has 4 N–H and O–H groups in total. The summed E-state index contributed by atoms with van der Waals surface area (Å²) in [6.45, 7) is 11.5. The molecular weight excluding hydrogens is 716 g/mol. The van der Waals surface area contributed by atoms with Crippen LogP contribution in [0.15, 0.2) is 35.5 Å². The number of carbonyl (C=O) groups is 3. The van der Waals surface area contributed by atoms with Crippen molar-refractivity contribution in [3.05, 3.63) is 35.5 Å². The summed E-state index contributed by atoms with van der Waals surface area (Å²) in [6, 6.07) is -1.09. The third kappa shape index (κ3) is 11.3. The fourth-order valence-corrected chi connectivity index (χ4v) is 9.29. The van der Waals surface area contributed by atoms with Crippen LogP contribution in [-0.4, -0.2) is 113 Å². The average Bonchev–Trinajstić information content (AvgIpc) is 3.17. The first kappa shape index (κ1) is 46.0. The van der Waals surface area contributed by atoms with E-state index in [1.165, 1.54) is 4.90 Å². The van der Waals surface area contributed by atoms with Gasteiger partial charge in [0.2, 0.25) is 5.79 Å². The molecule has 0 aromatic heterocycles. The number of hydrogen-bond donors (Lipinski definition) is 4. The van der Waals surface area contributed by atoms with Crippen LogP contribution in [0.5, 0.6) is 0 Å². The van der Waals surface area contributed by atoms with Gasteiger partial charge in [-0.3, -0.25) is 9.59 Å². The molecule has 1 saturated carbocycles. The maximum Gasteiger partial charge on any atom is 0.329 e. The van der Waals surface area contributed by atoms with Gasteiger partial charge >= 0.3 is 5.97 Å². The number of rotatable bonds is 6. The quantitative estimate of drug-likeness (QED) is 0.145. The van der Waals surface area contributed by atoms with Gasteiger partial charge in [0, 0.05) is 50.7 Å². The van der Waals surface area contributed by atoms with Crippen molar-refractivity contribution >= 4 is 23.4 Å². The van der Waals surface area contributed by atoms with Crippen LogP contribution in [0.4, 0.5) is 0 Å². The van der Waals surface area contributed by atoms with Crippen LogP contribution in [0, 0.1) is 35.0 Å². The van der Waals surface area contributed by atoms with Crippen molar-refractivity contribution in [2.75, 3.05) is 20.8 Å². The Balaban J connectivity index is 1.78. The molecule has 3 fully saturated rings. The first-order valence-corrected chi connectivity index (χ1v) is 21.0. The van der Waals surface area contributed by atoms with E-state index < -0.39 is 71.8 Å². The van der Waals surface area contributed by atoms with Crippen LogP contribution in [0.1, 0.15) is 119 Å². The molecule has 0 unspecified atom stereocenters. The van der Waals surface area contributed by atoms with E-state index in [9.17, 15) is 35.1 Å². The Bertz CT molecular complexity index is 1450. The number of cyclic esters (lactones) is 1. The molecule has 12 heteroatoms. The number of fused-ring (bicyclic) bond motifs is 3. The molecule has 4 aliphatic rings. The number of amides is 1. The third-order valence-corrected chi connectivity index (χ3v) is 12.8. The molecule has 12 nitrogen and oxygen atoms in total. The SMILES string of the molecule is C/C=C/C[C@@H]1/C=C(\C)C[C@H](C)C[C@H](OC)[C@H]2O[C@@](O)(C(=O)C(=O)N3CCCC[C@H]3C(=O)O[C@H](/C(C)=C/C3CCC(O)CC3)[C@H](C)[C@@H](O)CC1=N)[C@H](C)C[C@@H]2OC. The molecule has 0 radical (unpaired) electrons. The van der Waals surface area contributed by atoms with E-state index in [-0.39, 0.29) is 49.7 Å². The lowest BCUT2D eigenvalue weighted by atomic mass is 9.82. The van der Waals surface area contributed by atoms with Crippen molar-refractivity contribution in [2.24, 2.45) is 29.6 Å². The predicted octanol–water partition coefficient (Wildman–Crippen LogP) is 5.85. The molecule has 1 amide bonds. The van der Waals surface area contributed by atoms with Gasteiger partial charge in [-0.1, -0.05) is 50.6 Å². The number of aliphatic hydroxyl groups is 3. The normalized spacial score (nSPS) is 40.4. The summed E-state index contributed by atoms with van der Waals surface area (Å²) in [5.74, 6) is -6.78. The van der Waals surface area contributed by atoms with Gasteiger partial charge in [0.25, 0.3) is 11.7 Å². The summed E-state index contributed by atoms with van der Waals surface area (Å²) in [4.78, 5) is 43.9. The van der Waals surface area contributed by atoms with Crippen LogP contribution in [0.25, 0.3) is 0 Å². The lowest BCUT2D eigenvalue weighted by molar-refractivity contribution is -0.302. The van der Waals surface area contributed by atoms with Gasteiger partial charge in [0.1, 0.15) is 18.2 Å². The van der Waals surface area contributed by atoms with Crippen molar-refractivity contribution < 1.29 is 48.7 Å². The van der Waals surface area contributed by atoms with Gasteiger partial charge < -0.3 is 44.6 Å². The Kier molecular flexibility index (Phi) is 17.1. The molecule has 2 saturated heterocycles. The zero-order valence-electron chi connectivity index (χ0n) is 35.1. The second-order valence-electron chi connectivity index (χ2n) is 17.3. The fourth-order valence-electron chi connectivity index (χ4n) is 9.29. The van der Waals surface area contributed by atoms with Crippen LogP contribution in [0.3, 0.4) is 0 Å². The number of aliphatic hydroxyl groups excluding tert-OH is 2. The van der Waals surface area contributed by atoms with E-state index in [0.29, 0.717) is 50.7 Å². The van der Waals surface area contributed by atoms with Crippen molar-refractivity contribution in [2.45, 2.75) is 167 Å². The minimum Gasteiger partial charge on any atom is -0.456 e. The first-order chi connectivity index (χ1) is 26.5. The maximum absolute atomic E-state index is 14.3. The zero-order valence-corrected chi connectivity index (χ0v) is 35.1. The second-order valence-corrected chi connectivity index (χ2v) is 17.3. The summed E-state index contributed by atoms with van der Waals surface area (Å²) in [5, 5.41) is 43.1. The summed E-state index contributed by atoms with van der Waals surface area (Å²) in [6.07, 6.45) is 10.4. The minimum atomic E-state index is -2.48. The standard InChI is InChI=1S/C44H70N2O10/c1-9-10-13-32-21-26(2)20-27(3)22-37(53-7)40-38(54-8)24-29(5)44(52,56-40)41(49)42(50)46-19-12-11-14-35(46)43(51)55-39(30(6)36(48)25-34(32)45)28(4)23-31-15-17-33(47)18-16-31/h9-10,21,23,27,29-33,35-40,45,47-48,52H,11-20,22,24-25H2,1-8H3/b10-9+,26-21+,28-23+,45-34?/t27-,29+,30+,31?,32+,33?,35-,36-,37-,38-,39+,40+,44+/m0/s1. The third-order valence-electron chi connectivity index (χ3n) is 12.8. The van der Waals surface area contributed by atoms with Crippen molar-refractivity contribution in [1.82, 2.24) is 4.90 Å². The van der Waals surface area contributed by atoms with E-state index in [0.717, 1.165) is 24.0 Å². The Morgan fingerprint density at radius 2 is 1.66 bits per heavy atom. The van der Waals surface area contributed by atoms with Crippen molar-refractivity contribution in [1.29, 1.82) is 5.41 Å². The van der Waals surface area contributed by atoms with Crippen molar-refractivity contribution in [3.63, 3.8) is 0 Å². The number of nitrogens with one attached hydrogen (secondary N) is 1. The number of allylic oxidation sites excluding steroid dienone is 5. The highest BCUT2D eigenvalue weighted by molar-refractivity contribution is 6.39. The molecule has 11 atom stereocenters. The van der Waals surface area contributed by atoms with E-state index in [1.54, 1.807) is 21.1 Å². The number of nitrogens with zero attached hydrogens (tertiary/aromatic N) is 1. The Morgan fingerprint density at radius 3 is 2.30 bits per heavy atom. The Labute approximate surface area is 334 Å². The fraction of sp³-hybridized carbons (Fsp3) is 0.773. The summed E-state index contributed by atoms with van der Waals surface area (Å²) < 4.78 is 24.3. The molecule has 0 aromatic rings. The summed E-state index contributed by atoms with van der Waals surface area (Å²) in [5.41, 5.74) is 2.19. The molecular formula is C44H70N2O10. The average molecular weight is 787 g/mol. The molecule has 3 heterocycles. The molecule has 0 aromatic carbocycles. The monoisotopic (exact) mass is 787 g/mol. The smallest absolute Gasteiger partial charge is 0.329 e. The van der Waals surface area contributed by atoms with Gasteiger partial charge in [0.15, 0.2) is 0 Å². The largest absolute Gasteiger partial charge is 0.456 e. The Morgan fingerprint density at radius 1 is 1.00 bits per heavy atom. The van der Waals surface area contributed by atoms with E-state index in [4.69, 9.17) is 18.9 Å². The minimum absolute atomic E-state index is 0.0681. The van der Waals surface area contributed by atoms with Gasteiger partial charge in [-0.2, -0.15) is 0 Å². The summed E-state index contributed by atoms with van der Waals surface area (Å²) in [7, 11) is 3.10. The topological polar surface area (TPSA) is 176 Å². The first-order valence-electron chi connectivity index (χ1n) is 21.0. The van der Waals surface area contributed by atoms with E-state index >= 15 is 0 Å². The van der Waals surface area contributed by atoms with Gasteiger partial charge in [0.05, 0.1) is 24.4 Å². The summed E-state index contributed by atoms with van der Waals surface area (Å²) >= 11 is 0. The number of ether oxygens (including phenoxy) is 4. The van der Waals surface area contributed by atoms with Crippen LogP contribution >= 0.6 is 0 Å². The van der Waals surface area contributed by atoms with E-state index in [2.05, 4.69) is 19.1 Å². The molecule has 316 valence electrons. The van der Waals surface area contributed by atoms with Crippen LogP contribution in [-0.2, 0) is 33.3 Å². The molecule has 4 rings (SSSR count). The number of carbonyl (C=O) groups excluding carboxylic acids is 3. The van der Waals surface area contributed by atoms with E-state index in [1.807, 2.05) is 39.8 Å². The van der Waals surface area contributed by atoms with Crippen LogP contribution in [0.2, 0.25) is 0 Å². The highest BCUT2D eigenvalue weighted by atomic mass is 16.7.